The zero-order chi connectivity index (χ0) is 19.6. The van der Waals surface area contributed by atoms with E-state index in [1.165, 1.54) is 29.2 Å². The Bertz CT molecular complexity index is 962. The minimum atomic E-state index is -3.31. The van der Waals surface area contributed by atoms with Gasteiger partial charge in [-0.15, -0.1) is 0 Å². The first-order chi connectivity index (χ1) is 12.8. The summed E-state index contributed by atoms with van der Waals surface area (Å²) in [4.78, 5) is 15.2. The van der Waals surface area contributed by atoms with Crippen molar-refractivity contribution in [1.29, 1.82) is 0 Å². The lowest BCUT2D eigenvalue weighted by Crippen LogP contribution is -2.07. The summed E-state index contributed by atoms with van der Waals surface area (Å²) in [5, 5.41) is 7.42. The number of hydrogen-bond acceptors (Lipinski definition) is 6. The van der Waals surface area contributed by atoms with E-state index >= 15 is 0 Å². The van der Waals surface area contributed by atoms with Crippen LogP contribution in [0.1, 0.15) is 35.7 Å². The lowest BCUT2D eigenvalue weighted by Gasteiger charge is -2.04. The summed E-state index contributed by atoms with van der Waals surface area (Å²) in [7, 11) is 0. The molecule has 3 aromatic rings. The van der Waals surface area contributed by atoms with Gasteiger partial charge in [-0.1, -0.05) is 11.2 Å². The van der Waals surface area contributed by atoms with Crippen molar-refractivity contribution in [2.24, 2.45) is 0 Å². The quantitative estimate of drug-likeness (QED) is 0.610. The summed E-state index contributed by atoms with van der Waals surface area (Å²) >= 11 is 0. The van der Waals surface area contributed by atoms with Crippen molar-refractivity contribution in [3.63, 3.8) is 0 Å². The molecule has 0 spiro atoms. The fourth-order valence-electron chi connectivity index (χ4n) is 2.31. The zero-order valence-electron chi connectivity index (χ0n) is 14.4. The molecule has 2 aromatic heterocycles. The van der Waals surface area contributed by atoms with Crippen molar-refractivity contribution >= 4 is 5.97 Å². The first-order valence-corrected chi connectivity index (χ1v) is 7.98. The molecule has 0 saturated carbocycles. The third-order valence-corrected chi connectivity index (χ3v) is 3.56. The van der Waals surface area contributed by atoms with Crippen LogP contribution < -0.4 is 0 Å². The highest BCUT2D eigenvalue weighted by atomic mass is 19.3. The number of halogens is 3. The number of carbonyl (C=O) groups is 1. The number of hydrogen-bond donors (Lipinski definition) is 0. The van der Waals surface area contributed by atoms with Crippen LogP contribution in [-0.4, -0.2) is 32.5 Å². The van der Waals surface area contributed by atoms with Crippen LogP contribution in [0.25, 0.3) is 11.4 Å². The smallest absolute Gasteiger partial charge is 0.341 e. The standard InChI is InChI=1S/C17H15F3N4O3/c1-3-26-15(25)11-7-21-24(9-11)8-10-4-5-12(13(18)6-10)14-22-16(27-23-14)17(2,19)20/h4-7,9H,3,8H2,1-2H3. The normalized spacial score (nSPS) is 11.6. The Morgan fingerprint density at radius 2 is 2.15 bits per heavy atom. The van der Waals surface area contributed by atoms with E-state index in [0.29, 0.717) is 12.5 Å². The molecule has 0 fully saturated rings. The van der Waals surface area contributed by atoms with Gasteiger partial charge in [0.2, 0.25) is 5.82 Å². The van der Waals surface area contributed by atoms with Gasteiger partial charge in [-0.2, -0.15) is 18.9 Å². The van der Waals surface area contributed by atoms with Gasteiger partial charge in [0.1, 0.15) is 5.82 Å². The Kier molecular flexibility index (Phi) is 4.98. The SMILES string of the molecule is CCOC(=O)c1cnn(Cc2ccc(-c3noc(C(C)(F)F)n3)c(F)c2)c1. The molecule has 0 bridgehead atoms. The minimum Gasteiger partial charge on any atom is -0.462 e. The van der Waals surface area contributed by atoms with E-state index in [2.05, 4.69) is 19.8 Å². The van der Waals surface area contributed by atoms with Gasteiger partial charge in [0.15, 0.2) is 0 Å². The maximum atomic E-state index is 14.4. The fraction of sp³-hybridized carbons (Fsp3) is 0.294. The van der Waals surface area contributed by atoms with Crippen molar-refractivity contribution < 1.29 is 27.2 Å². The van der Waals surface area contributed by atoms with E-state index in [4.69, 9.17) is 4.74 Å². The highest BCUT2D eigenvalue weighted by molar-refractivity contribution is 5.88. The largest absolute Gasteiger partial charge is 0.462 e. The van der Waals surface area contributed by atoms with Crippen LogP contribution in [0.2, 0.25) is 0 Å². The molecule has 0 aliphatic rings. The van der Waals surface area contributed by atoms with Gasteiger partial charge in [-0.3, -0.25) is 4.68 Å². The molecule has 10 heteroatoms. The maximum absolute atomic E-state index is 14.4. The van der Waals surface area contributed by atoms with Crippen LogP contribution in [0, 0.1) is 5.82 Å². The summed E-state index contributed by atoms with van der Waals surface area (Å²) in [6, 6.07) is 4.15. The maximum Gasteiger partial charge on any atom is 0.341 e. The van der Waals surface area contributed by atoms with E-state index in [9.17, 15) is 18.0 Å². The van der Waals surface area contributed by atoms with E-state index in [1.54, 1.807) is 13.0 Å². The number of esters is 1. The van der Waals surface area contributed by atoms with Gasteiger partial charge < -0.3 is 9.26 Å². The lowest BCUT2D eigenvalue weighted by molar-refractivity contribution is -0.0158. The third kappa shape index (κ3) is 4.15. The van der Waals surface area contributed by atoms with Crippen molar-refractivity contribution in [3.8, 4) is 11.4 Å². The molecule has 142 valence electrons. The summed E-state index contributed by atoms with van der Waals surface area (Å²) in [5.74, 6) is -5.65. The Labute approximate surface area is 151 Å². The number of ether oxygens (including phenoxy) is 1. The van der Waals surface area contributed by atoms with Crippen molar-refractivity contribution in [1.82, 2.24) is 19.9 Å². The second-order valence-corrected chi connectivity index (χ2v) is 5.77. The van der Waals surface area contributed by atoms with Gasteiger partial charge in [0.25, 0.3) is 5.89 Å². The highest BCUT2D eigenvalue weighted by Crippen LogP contribution is 2.28. The molecule has 0 amide bonds. The van der Waals surface area contributed by atoms with E-state index in [-0.39, 0.29) is 30.1 Å². The Balaban J connectivity index is 1.77. The second kappa shape index (κ2) is 7.22. The molecule has 0 aliphatic heterocycles. The van der Waals surface area contributed by atoms with Gasteiger partial charge >= 0.3 is 11.9 Å². The monoisotopic (exact) mass is 380 g/mol. The first kappa shape index (κ1) is 18.6. The number of rotatable bonds is 6. The highest BCUT2D eigenvalue weighted by Gasteiger charge is 2.32. The van der Waals surface area contributed by atoms with Crippen LogP contribution in [0.5, 0.6) is 0 Å². The number of aromatic nitrogens is 4. The zero-order valence-corrected chi connectivity index (χ0v) is 14.4. The average Bonchev–Trinajstić information content (AvgIpc) is 3.24. The molecule has 27 heavy (non-hydrogen) atoms. The third-order valence-electron chi connectivity index (χ3n) is 3.56. The molecule has 0 saturated heterocycles. The molecule has 0 unspecified atom stereocenters. The van der Waals surface area contributed by atoms with Crippen LogP contribution in [0.3, 0.4) is 0 Å². The summed E-state index contributed by atoms with van der Waals surface area (Å²) in [5.41, 5.74) is 0.763. The number of alkyl halides is 2. The Morgan fingerprint density at radius 3 is 2.78 bits per heavy atom. The van der Waals surface area contributed by atoms with Gasteiger partial charge in [-0.05, 0) is 24.6 Å². The molecule has 2 heterocycles. The van der Waals surface area contributed by atoms with E-state index < -0.39 is 23.6 Å². The Morgan fingerprint density at radius 1 is 1.37 bits per heavy atom. The number of benzene rings is 1. The number of carbonyl (C=O) groups excluding carboxylic acids is 1. The van der Waals surface area contributed by atoms with E-state index in [0.717, 1.165) is 0 Å². The first-order valence-electron chi connectivity index (χ1n) is 7.98. The minimum absolute atomic E-state index is 0.0642. The molecular weight excluding hydrogens is 365 g/mol. The van der Waals surface area contributed by atoms with Gasteiger partial charge in [0.05, 0.1) is 30.5 Å². The molecule has 0 radical (unpaired) electrons. The molecule has 3 rings (SSSR count). The lowest BCUT2D eigenvalue weighted by atomic mass is 10.1. The van der Waals surface area contributed by atoms with Crippen LogP contribution >= 0.6 is 0 Å². The van der Waals surface area contributed by atoms with E-state index in [1.807, 2.05) is 0 Å². The Hall–Kier alpha value is -3.17. The second-order valence-electron chi connectivity index (χ2n) is 5.77. The van der Waals surface area contributed by atoms with Crippen molar-refractivity contribution in [2.75, 3.05) is 6.61 Å². The van der Waals surface area contributed by atoms with Gasteiger partial charge in [0, 0.05) is 13.1 Å². The van der Waals surface area contributed by atoms with Crippen molar-refractivity contribution in [3.05, 3.63) is 53.4 Å². The number of nitrogens with zero attached hydrogens (tertiary/aromatic N) is 4. The van der Waals surface area contributed by atoms with Crippen LogP contribution in [0.4, 0.5) is 13.2 Å². The molecule has 7 nitrogen and oxygen atoms in total. The average molecular weight is 380 g/mol. The van der Waals surface area contributed by atoms with Crippen LogP contribution in [0.15, 0.2) is 35.1 Å². The summed E-state index contributed by atoms with van der Waals surface area (Å²) in [6.45, 7) is 2.75. The molecule has 0 atom stereocenters. The molecule has 0 N–H and O–H groups in total. The molecular formula is C17H15F3N4O3. The molecule has 1 aromatic carbocycles. The molecule has 0 aliphatic carbocycles. The van der Waals surface area contributed by atoms with Gasteiger partial charge in [-0.25, -0.2) is 9.18 Å². The predicted octanol–water partition coefficient (Wildman–Crippen LogP) is 3.41. The van der Waals surface area contributed by atoms with Crippen LogP contribution in [-0.2, 0) is 17.2 Å². The predicted molar refractivity (Wildman–Crippen MR) is 86.5 cm³/mol. The summed E-state index contributed by atoms with van der Waals surface area (Å²) in [6.07, 6.45) is 2.84. The van der Waals surface area contributed by atoms with Crippen molar-refractivity contribution in [2.45, 2.75) is 26.3 Å². The topological polar surface area (TPSA) is 83.0 Å². The summed E-state index contributed by atoms with van der Waals surface area (Å²) < 4.78 is 51.5. The fourth-order valence-corrected chi connectivity index (χ4v) is 2.31.